The Bertz CT molecular complexity index is 1020. The van der Waals surface area contributed by atoms with E-state index in [0.717, 1.165) is 29.7 Å². The molecule has 2 heterocycles. The third-order valence-electron chi connectivity index (χ3n) is 5.54. The van der Waals surface area contributed by atoms with Crippen LogP contribution >= 0.6 is 23.4 Å². The lowest BCUT2D eigenvalue weighted by Gasteiger charge is -2.36. The number of aryl methyl sites for hydroxylation is 1. The fraction of sp³-hybridized carbons (Fsp3) is 0.348. The van der Waals surface area contributed by atoms with Gasteiger partial charge in [-0.2, -0.15) is 0 Å². The van der Waals surface area contributed by atoms with Gasteiger partial charge in [-0.3, -0.25) is 14.4 Å². The van der Waals surface area contributed by atoms with E-state index in [2.05, 4.69) is 5.32 Å². The number of hydrogen-bond donors (Lipinski definition) is 1. The van der Waals surface area contributed by atoms with Gasteiger partial charge in [0.2, 0.25) is 11.8 Å². The van der Waals surface area contributed by atoms with Crippen LogP contribution < -0.4 is 10.2 Å². The minimum atomic E-state index is -0.866. The SMILES string of the molecule is Cc1ccc(NC(=O)CN2C(=O)C(C(=O)N3CCCCC3)Sc3ccccc32)cc1Cl. The molecule has 0 spiro atoms. The average Bonchev–Trinajstić information content (AvgIpc) is 2.78. The normalized spacial score (nSPS) is 18.5. The van der Waals surface area contributed by atoms with Gasteiger partial charge in [0.05, 0.1) is 5.69 Å². The summed E-state index contributed by atoms with van der Waals surface area (Å²) in [7, 11) is 0. The molecule has 2 aliphatic heterocycles. The van der Waals surface area contributed by atoms with Crippen LogP contribution in [0.3, 0.4) is 0 Å². The topological polar surface area (TPSA) is 69.7 Å². The van der Waals surface area contributed by atoms with Gasteiger partial charge in [-0.05, 0) is 56.0 Å². The fourth-order valence-corrected chi connectivity index (χ4v) is 5.20. The number of nitrogens with one attached hydrogen (secondary N) is 1. The number of nitrogens with zero attached hydrogens (tertiary/aromatic N) is 2. The molecule has 6 nitrogen and oxygen atoms in total. The van der Waals surface area contributed by atoms with Crippen molar-refractivity contribution in [2.24, 2.45) is 0 Å². The number of rotatable bonds is 4. The fourth-order valence-electron chi connectivity index (χ4n) is 3.83. The van der Waals surface area contributed by atoms with Gasteiger partial charge in [-0.25, -0.2) is 0 Å². The zero-order valence-electron chi connectivity index (χ0n) is 17.3. The second-order valence-corrected chi connectivity index (χ2v) is 9.34. The van der Waals surface area contributed by atoms with Crippen LogP contribution in [0.5, 0.6) is 0 Å². The van der Waals surface area contributed by atoms with Gasteiger partial charge in [0.25, 0.3) is 5.91 Å². The van der Waals surface area contributed by atoms with E-state index in [9.17, 15) is 14.4 Å². The molecule has 0 radical (unpaired) electrons. The first-order chi connectivity index (χ1) is 14.9. The second-order valence-electron chi connectivity index (χ2n) is 7.79. The van der Waals surface area contributed by atoms with Crippen LogP contribution in [0.4, 0.5) is 11.4 Å². The number of thioether (sulfide) groups is 1. The van der Waals surface area contributed by atoms with Gasteiger partial charge in [0.15, 0.2) is 5.25 Å². The minimum absolute atomic E-state index is 0.167. The van der Waals surface area contributed by atoms with Crippen molar-refractivity contribution in [1.82, 2.24) is 4.90 Å². The Morgan fingerprint density at radius 3 is 2.61 bits per heavy atom. The smallest absolute Gasteiger partial charge is 0.250 e. The van der Waals surface area contributed by atoms with E-state index in [-0.39, 0.29) is 24.3 Å². The summed E-state index contributed by atoms with van der Waals surface area (Å²) in [5.41, 5.74) is 2.13. The van der Waals surface area contributed by atoms with Gasteiger partial charge in [-0.15, -0.1) is 11.8 Å². The summed E-state index contributed by atoms with van der Waals surface area (Å²) in [6.45, 7) is 3.07. The molecule has 2 aromatic rings. The van der Waals surface area contributed by atoms with Crippen LogP contribution in [0, 0.1) is 6.92 Å². The van der Waals surface area contributed by atoms with Crippen LogP contribution in [0.25, 0.3) is 0 Å². The molecule has 8 heteroatoms. The number of fused-ring (bicyclic) bond motifs is 1. The average molecular weight is 458 g/mol. The van der Waals surface area contributed by atoms with Crippen molar-refractivity contribution in [1.29, 1.82) is 0 Å². The number of halogens is 1. The maximum atomic E-state index is 13.3. The molecule has 31 heavy (non-hydrogen) atoms. The largest absolute Gasteiger partial charge is 0.341 e. The zero-order valence-corrected chi connectivity index (χ0v) is 18.8. The summed E-state index contributed by atoms with van der Waals surface area (Å²) in [6.07, 6.45) is 3.02. The van der Waals surface area contributed by atoms with E-state index in [4.69, 9.17) is 11.6 Å². The van der Waals surface area contributed by atoms with Crippen LogP contribution in [0.2, 0.25) is 5.02 Å². The summed E-state index contributed by atoms with van der Waals surface area (Å²) in [5, 5.41) is 2.49. The third-order valence-corrected chi connectivity index (χ3v) is 7.19. The number of carbonyl (C=O) groups is 3. The highest BCUT2D eigenvalue weighted by Crippen LogP contribution is 2.40. The summed E-state index contributed by atoms with van der Waals surface area (Å²) in [4.78, 5) is 43.2. The Labute approximate surface area is 190 Å². The van der Waals surface area contributed by atoms with Crippen LogP contribution in [0.1, 0.15) is 24.8 Å². The number of piperidine rings is 1. The van der Waals surface area contributed by atoms with E-state index in [1.54, 1.807) is 23.1 Å². The zero-order chi connectivity index (χ0) is 22.0. The summed E-state index contributed by atoms with van der Waals surface area (Å²) in [6, 6.07) is 12.7. The van der Waals surface area contributed by atoms with Crippen molar-refractivity contribution in [2.45, 2.75) is 36.3 Å². The molecule has 162 valence electrons. The Balaban J connectivity index is 1.54. The molecule has 1 unspecified atom stereocenters. The minimum Gasteiger partial charge on any atom is -0.341 e. The maximum Gasteiger partial charge on any atom is 0.250 e. The molecule has 0 bridgehead atoms. The lowest BCUT2D eigenvalue weighted by Crippen LogP contribution is -2.52. The van der Waals surface area contributed by atoms with Gasteiger partial charge in [0.1, 0.15) is 6.54 Å². The lowest BCUT2D eigenvalue weighted by atomic mass is 10.1. The van der Waals surface area contributed by atoms with E-state index >= 15 is 0 Å². The number of hydrogen-bond acceptors (Lipinski definition) is 4. The number of para-hydroxylation sites is 1. The standard InChI is InChI=1S/C23H24ClN3O3S/c1-15-9-10-16(13-17(15)24)25-20(28)14-27-18-7-3-4-8-19(18)31-21(23(27)30)22(29)26-11-5-2-6-12-26/h3-4,7-10,13,21H,2,5-6,11-12,14H2,1H3,(H,25,28). The van der Waals surface area contributed by atoms with Crippen molar-refractivity contribution in [3.05, 3.63) is 53.1 Å². The highest BCUT2D eigenvalue weighted by atomic mass is 35.5. The monoisotopic (exact) mass is 457 g/mol. The number of likely N-dealkylation sites (tertiary alicyclic amines) is 1. The first-order valence-corrected chi connectivity index (χ1v) is 11.6. The van der Waals surface area contributed by atoms with Crippen LogP contribution in [-0.4, -0.2) is 47.5 Å². The molecular formula is C23H24ClN3O3S. The Morgan fingerprint density at radius 1 is 1.13 bits per heavy atom. The molecule has 0 saturated carbocycles. The Morgan fingerprint density at radius 2 is 1.87 bits per heavy atom. The van der Waals surface area contributed by atoms with Crippen LogP contribution in [-0.2, 0) is 14.4 Å². The first kappa shape index (κ1) is 21.7. The molecule has 1 fully saturated rings. The highest BCUT2D eigenvalue weighted by molar-refractivity contribution is 8.01. The van der Waals surface area contributed by atoms with Crippen molar-refractivity contribution < 1.29 is 14.4 Å². The molecule has 1 saturated heterocycles. The van der Waals surface area contributed by atoms with Crippen LogP contribution in [0.15, 0.2) is 47.4 Å². The summed E-state index contributed by atoms with van der Waals surface area (Å²) in [5.74, 6) is -0.865. The predicted octanol–water partition coefficient (Wildman–Crippen LogP) is 4.11. The van der Waals surface area contributed by atoms with Gasteiger partial charge >= 0.3 is 0 Å². The number of carbonyl (C=O) groups excluding carboxylic acids is 3. The predicted molar refractivity (Wildman–Crippen MR) is 124 cm³/mol. The molecule has 3 amide bonds. The van der Waals surface area contributed by atoms with Crippen molar-refractivity contribution in [2.75, 3.05) is 29.9 Å². The molecule has 1 N–H and O–H groups in total. The van der Waals surface area contributed by atoms with Gasteiger partial charge in [-0.1, -0.05) is 29.8 Å². The molecular weight excluding hydrogens is 434 g/mol. The lowest BCUT2D eigenvalue weighted by molar-refractivity contribution is -0.135. The molecule has 2 aliphatic rings. The number of benzene rings is 2. The second kappa shape index (κ2) is 9.32. The van der Waals surface area contributed by atoms with E-state index < -0.39 is 5.25 Å². The molecule has 0 aromatic heterocycles. The Hall–Kier alpha value is -2.51. The summed E-state index contributed by atoms with van der Waals surface area (Å²) < 4.78 is 0. The number of anilines is 2. The maximum absolute atomic E-state index is 13.3. The quantitative estimate of drug-likeness (QED) is 0.701. The highest BCUT2D eigenvalue weighted by Gasteiger charge is 2.40. The summed E-state index contributed by atoms with van der Waals surface area (Å²) >= 11 is 7.42. The van der Waals surface area contributed by atoms with E-state index in [1.807, 2.05) is 31.2 Å². The van der Waals surface area contributed by atoms with E-state index in [0.29, 0.717) is 29.5 Å². The van der Waals surface area contributed by atoms with Gasteiger partial charge in [0, 0.05) is 28.7 Å². The Kier molecular flexibility index (Phi) is 6.53. The first-order valence-electron chi connectivity index (χ1n) is 10.4. The third kappa shape index (κ3) is 4.72. The number of amides is 3. The molecule has 1 atom stereocenters. The molecule has 4 rings (SSSR count). The van der Waals surface area contributed by atoms with Gasteiger partial charge < -0.3 is 15.1 Å². The molecule has 2 aromatic carbocycles. The molecule has 0 aliphatic carbocycles. The van der Waals surface area contributed by atoms with Crippen molar-refractivity contribution >= 4 is 52.5 Å². The van der Waals surface area contributed by atoms with Crippen molar-refractivity contribution in [3.8, 4) is 0 Å². The van der Waals surface area contributed by atoms with Crippen molar-refractivity contribution in [3.63, 3.8) is 0 Å². The van der Waals surface area contributed by atoms with E-state index in [1.165, 1.54) is 16.7 Å².